The number of aliphatic hydroxyl groups is 2. The Bertz CT molecular complexity index is 1100. The van der Waals surface area contributed by atoms with E-state index in [2.05, 4.69) is 43.9 Å². The third-order valence-corrected chi connectivity index (χ3v) is 11.5. The van der Waals surface area contributed by atoms with Crippen molar-refractivity contribution in [3.63, 3.8) is 0 Å². The Balaban J connectivity index is 1.49. The van der Waals surface area contributed by atoms with Gasteiger partial charge in [0.25, 0.3) is 0 Å². The van der Waals surface area contributed by atoms with E-state index in [9.17, 15) is 15.3 Å². The minimum absolute atomic E-state index is 0.0660. The molecule has 7 aliphatic rings. The third kappa shape index (κ3) is 2.20. The monoisotopic (exact) mass is 465 g/mol. The summed E-state index contributed by atoms with van der Waals surface area (Å²) >= 11 is 0. The number of phenolic OH excluding ortho intramolecular Hbond substituents is 1. The number of ether oxygens (including phenoxy) is 1. The van der Waals surface area contributed by atoms with Crippen LogP contribution in [-0.2, 0) is 11.8 Å². The first kappa shape index (κ1) is 21.7. The molecule has 1 aromatic carbocycles. The fourth-order valence-corrected chi connectivity index (χ4v) is 9.10. The van der Waals surface area contributed by atoms with Gasteiger partial charge in [-0.25, -0.2) is 0 Å². The molecule has 5 aliphatic carbocycles. The molecule has 3 N–H and O–H groups in total. The molecule has 1 unspecified atom stereocenters. The summed E-state index contributed by atoms with van der Waals surface area (Å²) in [6.45, 7) is 10.4. The van der Waals surface area contributed by atoms with Crippen molar-refractivity contribution in [3.8, 4) is 11.5 Å². The molecular formula is C29H39NO4. The lowest BCUT2D eigenvalue weighted by Gasteiger charge is -2.73. The Morgan fingerprint density at radius 1 is 1.15 bits per heavy atom. The zero-order valence-electron chi connectivity index (χ0n) is 21.0. The summed E-state index contributed by atoms with van der Waals surface area (Å²) in [5, 5.41) is 34.1. The Morgan fingerprint density at radius 2 is 1.91 bits per heavy atom. The van der Waals surface area contributed by atoms with Gasteiger partial charge < -0.3 is 20.1 Å². The smallest absolute Gasteiger partial charge is 0.165 e. The minimum Gasteiger partial charge on any atom is -0.504 e. The van der Waals surface area contributed by atoms with Gasteiger partial charge in [-0.1, -0.05) is 39.0 Å². The SMILES string of the molecule is CC(C)(C)[C@@](C)(O)C1C[C@@]23C=C[C@@]1(CO)[C@@H]1Oc4c(O)ccc5c4[C@@]12CCN(CC1CC1)[C@@H]3C5. The molecule has 5 nitrogen and oxygen atoms in total. The van der Waals surface area contributed by atoms with E-state index in [1.54, 1.807) is 6.07 Å². The van der Waals surface area contributed by atoms with Crippen LogP contribution < -0.4 is 4.74 Å². The van der Waals surface area contributed by atoms with Gasteiger partial charge in [0.2, 0.25) is 0 Å². The molecule has 2 saturated carbocycles. The first-order valence-electron chi connectivity index (χ1n) is 13.3. The summed E-state index contributed by atoms with van der Waals surface area (Å²) in [6.07, 6.45) is 9.83. The topological polar surface area (TPSA) is 73.2 Å². The van der Waals surface area contributed by atoms with Crippen LogP contribution in [0.5, 0.6) is 11.5 Å². The zero-order valence-corrected chi connectivity index (χ0v) is 21.0. The van der Waals surface area contributed by atoms with Crippen LogP contribution in [0.25, 0.3) is 0 Å². The number of hydrogen-bond donors (Lipinski definition) is 3. The van der Waals surface area contributed by atoms with Crippen LogP contribution in [0.15, 0.2) is 24.3 Å². The minimum atomic E-state index is -0.995. The Labute approximate surface area is 202 Å². The summed E-state index contributed by atoms with van der Waals surface area (Å²) < 4.78 is 6.81. The standard InChI is InChI=1S/C29H39NO4/c1-25(2,3)26(4,33)20-14-28-10-9-27(20,16-31)24-29(28)11-12-30(15-17-5-6-17)21(28)13-18-7-8-19(32)23(34-24)22(18)29/h7-10,17,20-21,24,31-33H,5-6,11-16H2,1-4H3/t20?,21-,24+,26+,27+,28-,29+/m1/s1. The van der Waals surface area contributed by atoms with Gasteiger partial charge in [-0.05, 0) is 68.5 Å². The molecular weight excluding hydrogens is 426 g/mol. The number of fused-ring (bicyclic) bond motifs is 1. The lowest BCUT2D eigenvalue weighted by molar-refractivity contribution is -0.238. The van der Waals surface area contributed by atoms with Crippen LogP contribution in [0.1, 0.15) is 64.5 Å². The molecule has 7 atom stereocenters. The largest absolute Gasteiger partial charge is 0.504 e. The first-order valence-corrected chi connectivity index (χ1v) is 13.3. The molecule has 4 bridgehead atoms. The maximum absolute atomic E-state index is 12.1. The van der Waals surface area contributed by atoms with E-state index in [1.165, 1.54) is 24.0 Å². The maximum Gasteiger partial charge on any atom is 0.165 e. The van der Waals surface area contributed by atoms with Gasteiger partial charge in [0, 0.05) is 34.9 Å². The van der Waals surface area contributed by atoms with E-state index < -0.39 is 11.0 Å². The van der Waals surface area contributed by atoms with Gasteiger partial charge in [0.05, 0.1) is 17.6 Å². The van der Waals surface area contributed by atoms with Gasteiger partial charge >= 0.3 is 0 Å². The van der Waals surface area contributed by atoms with Crippen LogP contribution in [0.4, 0.5) is 0 Å². The summed E-state index contributed by atoms with van der Waals surface area (Å²) in [4.78, 5) is 2.75. The van der Waals surface area contributed by atoms with E-state index in [0.29, 0.717) is 11.8 Å². The highest BCUT2D eigenvalue weighted by Gasteiger charge is 2.80. The maximum atomic E-state index is 12.1. The predicted molar refractivity (Wildman–Crippen MR) is 130 cm³/mol. The summed E-state index contributed by atoms with van der Waals surface area (Å²) in [7, 11) is 0. The van der Waals surface area contributed by atoms with Crippen molar-refractivity contribution in [2.75, 3.05) is 19.7 Å². The fraction of sp³-hybridized carbons (Fsp3) is 0.724. The van der Waals surface area contributed by atoms with Crippen LogP contribution in [0, 0.1) is 28.1 Å². The second kappa shape index (κ2) is 6.22. The van der Waals surface area contributed by atoms with E-state index in [-0.39, 0.29) is 40.6 Å². The Kier molecular flexibility index (Phi) is 3.97. The van der Waals surface area contributed by atoms with E-state index >= 15 is 0 Å². The van der Waals surface area contributed by atoms with Crippen molar-refractivity contribution in [3.05, 3.63) is 35.4 Å². The average Bonchev–Trinajstić information content (AvgIpc) is 3.53. The first-order chi connectivity index (χ1) is 16.0. The van der Waals surface area contributed by atoms with Crippen molar-refractivity contribution in [1.82, 2.24) is 4.90 Å². The van der Waals surface area contributed by atoms with Gasteiger partial charge in [0.15, 0.2) is 11.5 Å². The highest BCUT2D eigenvalue weighted by molar-refractivity contribution is 5.64. The van der Waals surface area contributed by atoms with Crippen molar-refractivity contribution >= 4 is 0 Å². The molecule has 1 aromatic rings. The average molecular weight is 466 g/mol. The van der Waals surface area contributed by atoms with Crippen molar-refractivity contribution in [1.29, 1.82) is 0 Å². The number of benzene rings is 1. The molecule has 0 aromatic heterocycles. The fourth-order valence-electron chi connectivity index (χ4n) is 9.10. The van der Waals surface area contributed by atoms with Gasteiger partial charge in [-0.3, -0.25) is 4.90 Å². The Hall–Kier alpha value is -1.56. The summed E-state index contributed by atoms with van der Waals surface area (Å²) in [5.74, 6) is 1.52. The second-order valence-electron chi connectivity index (χ2n) is 13.6. The summed E-state index contributed by atoms with van der Waals surface area (Å²) in [5.41, 5.74) is 0.0307. The summed E-state index contributed by atoms with van der Waals surface area (Å²) in [6, 6.07) is 4.26. The number of nitrogens with zero attached hydrogens (tertiary/aromatic N) is 1. The third-order valence-electron chi connectivity index (χ3n) is 11.5. The van der Waals surface area contributed by atoms with Crippen LogP contribution in [0.3, 0.4) is 0 Å². The van der Waals surface area contributed by atoms with Crippen LogP contribution >= 0.6 is 0 Å². The van der Waals surface area contributed by atoms with E-state index in [4.69, 9.17) is 4.74 Å². The Morgan fingerprint density at radius 3 is 2.59 bits per heavy atom. The molecule has 1 saturated heterocycles. The molecule has 34 heavy (non-hydrogen) atoms. The molecule has 0 amide bonds. The molecule has 3 fully saturated rings. The van der Waals surface area contributed by atoms with Crippen molar-refractivity contribution in [2.24, 2.45) is 28.1 Å². The van der Waals surface area contributed by atoms with Gasteiger partial charge in [-0.15, -0.1) is 0 Å². The van der Waals surface area contributed by atoms with Crippen LogP contribution in [0.2, 0.25) is 0 Å². The van der Waals surface area contributed by atoms with Gasteiger partial charge in [-0.2, -0.15) is 0 Å². The van der Waals surface area contributed by atoms with Gasteiger partial charge in [0.1, 0.15) is 6.10 Å². The zero-order chi connectivity index (χ0) is 23.9. The molecule has 8 rings (SSSR count). The number of piperidine rings is 1. The molecule has 0 radical (unpaired) electrons. The molecule has 5 heteroatoms. The molecule has 2 aliphatic heterocycles. The number of rotatable bonds is 4. The van der Waals surface area contributed by atoms with E-state index in [0.717, 1.165) is 38.3 Å². The quantitative estimate of drug-likeness (QED) is 0.590. The number of aromatic hydroxyl groups is 1. The molecule has 184 valence electrons. The van der Waals surface area contributed by atoms with Crippen molar-refractivity contribution in [2.45, 2.75) is 83.0 Å². The van der Waals surface area contributed by atoms with Crippen molar-refractivity contribution < 1.29 is 20.1 Å². The second-order valence-corrected chi connectivity index (χ2v) is 13.6. The highest BCUT2D eigenvalue weighted by atomic mass is 16.5. The predicted octanol–water partition coefficient (Wildman–Crippen LogP) is 3.78. The highest BCUT2D eigenvalue weighted by Crippen LogP contribution is 2.77. The normalized spacial score (nSPS) is 43.4. The number of phenols is 1. The lowest BCUT2D eigenvalue weighted by Crippen LogP contribution is -2.79. The van der Waals surface area contributed by atoms with Crippen LogP contribution in [-0.4, -0.2) is 57.7 Å². The number of likely N-dealkylation sites (tertiary alicyclic amines) is 1. The molecule has 2 spiro atoms. The molecule has 2 heterocycles. The van der Waals surface area contributed by atoms with E-state index in [1.807, 2.05) is 6.92 Å². The number of aliphatic hydroxyl groups excluding tert-OH is 1. The lowest BCUT2D eigenvalue weighted by atomic mass is 9.33. The number of hydrogen-bond acceptors (Lipinski definition) is 5.